The van der Waals surface area contributed by atoms with E-state index in [1.165, 1.54) is 88.8 Å². The van der Waals surface area contributed by atoms with Crippen molar-refractivity contribution in [3.63, 3.8) is 0 Å². The van der Waals surface area contributed by atoms with E-state index in [1.807, 2.05) is 0 Å². The molecule has 1 unspecified atom stereocenters. The van der Waals surface area contributed by atoms with E-state index in [2.05, 4.69) is 194 Å². The maximum absolute atomic E-state index is 2.65. The zero-order chi connectivity index (χ0) is 34.0. The van der Waals surface area contributed by atoms with E-state index in [-0.39, 0.29) is 6.71 Å². The molecule has 4 aliphatic rings. The van der Waals surface area contributed by atoms with Crippen LogP contribution in [-0.2, 0) is 5.66 Å². The molecule has 0 fully saturated rings. The van der Waals surface area contributed by atoms with Crippen LogP contribution >= 0.6 is 0 Å². The van der Waals surface area contributed by atoms with Crippen LogP contribution in [-0.4, -0.2) is 20.5 Å². The summed E-state index contributed by atoms with van der Waals surface area (Å²) in [7, 11) is 0. The van der Waals surface area contributed by atoms with E-state index in [4.69, 9.17) is 0 Å². The van der Waals surface area contributed by atoms with Crippen molar-refractivity contribution in [3.8, 4) is 17.1 Å². The summed E-state index contributed by atoms with van der Waals surface area (Å²) in [5, 5.41) is 5.12. The number of fused-ring (bicyclic) bond motifs is 10. The molecule has 7 heteroatoms. The highest BCUT2D eigenvalue weighted by molar-refractivity contribution is 6.83. The van der Waals surface area contributed by atoms with Crippen molar-refractivity contribution in [1.82, 2.24) is 13.8 Å². The third-order valence-electron chi connectivity index (χ3n) is 12.4. The SMILES string of the molecule is Cc1c(B2C=CN(c3ccccc3)C=C2)c(C)[n+]2n1-c1ccc3c4ccccc4n4c3c1C21c2c-4cccc2-n2c3ccccc3c3ccc[n+]1c32. The Morgan fingerprint density at radius 3 is 2.04 bits per heavy atom. The molecular formula is C45H31BN6+2. The van der Waals surface area contributed by atoms with Gasteiger partial charge in [-0.1, -0.05) is 71.2 Å². The molecular weight excluding hydrogens is 635 g/mol. The van der Waals surface area contributed by atoms with Crippen LogP contribution in [0.3, 0.4) is 0 Å². The lowest BCUT2D eigenvalue weighted by Crippen LogP contribution is -2.77. The van der Waals surface area contributed by atoms with E-state index < -0.39 is 5.66 Å². The van der Waals surface area contributed by atoms with Crippen LogP contribution in [0.2, 0.25) is 0 Å². The third kappa shape index (κ3) is 2.82. The summed E-state index contributed by atoms with van der Waals surface area (Å²) >= 11 is 0. The van der Waals surface area contributed by atoms with Gasteiger partial charge in [0.15, 0.2) is 5.69 Å². The van der Waals surface area contributed by atoms with E-state index in [0.717, 1.165) is 5.69 Å². The first kappa shape index (κ1) is 27.2. The molecule has 5 aromatic carbocycles. The average molecular weight is 667 g/mol. The van der Waals surface area contributed by atoms with Gasteiger partial charge in [-0.3, -0.25) is 0 Å². The fourth-order valence-corrected chi connectivity index (χ4v) is 10.6. The zero-order valence-corrected chi connectivity index (χ0v) is 28.7. The minimum atomic E-state index is -0.666. The summed E-state index contributed by atoms with van der Waals surface area (Å²) < 4.78 is 12.9. The van der Waals surface area contributed by atoms with Crippen LogP contribution in [0.1, 0.15) is 22.5 Å². The molecule has 8 heterocycles. The topological polar surface area (TPSA) is 25.8 Å². The fourth-order valence-electron chi connectivity index (χ4n) is 10.6. The molecule has 242 valence electrons. The highest BCUT2D eigenvalue weighted by Gasteiger charge is 2.69. The molecule has 0 bridgehead atoms. The molecule has 6 nitrogen and oxygen atoms in total. The van der Waals surface area contributed by atoms with Gasteiger partial charge in [-0.15, -0.1) is 4.68 Å². The van der Waals surface area contributed by atoms with Gasteiger partial charge in [-0.2, -0.15) is 9.13 Å². The normalized spacial score (nSPS) is 17.3. The quantitative estimate of drug-likeness (QED) is 0.139. The van der Waals surface area contributed by atoms with Gasteiger partial charge < -0.3 is 9.47 Å². The van der Waals surface area contributed by atoms with Crippen molar-refractivity contribution < 1.29 is 9.25 Å². The Morgan fingerprint density at radius 2 is 1.25 bits per heavy atom. The van der Waals surface area contributed by atoms with Crippen molar-refractivity contribution >= 4 is 61.6 Å². The lowest BCUT2D eigenvalue weighted by Gasteiger charge is -2.33. The number of pyridine rings is 1. The summed E-state index contributed by atoms with van der Waals surface area (Å²) in [5.74, 6) is 4.70. The van der Waals surface area contributed by atoms with E-state index in [0.29, 0.717) is 0 Å². The monoisotopic (exact) mass is 666 g/mol. The highest BCUT2D eigenvalue weighted by atomic mass is 15.5. The van der Waals surface area contributed by atoms with Gasteiger partial charge >= 0.3 is 11.3 Å². The summed E-state index contributed by atoms with van der Waals surface area (Å²) in [6.07, 6.45) is 6.78. The molecule has 0 radical (unpaired) electrons. The van der Waals surface area contributed by atoms with Crippen LogP contribution in [0, 0.1) is 13.8 Å². The van der Waals surface area contributed by atoms with Gasteiger partial charge in [0.25, 0.3) is 0 Å². The van der Waals surface area contributed by atoms with Crippen molar-refractivity contribution in [2.24, 2.45) is 0 Å². The molecule has 52 heavy (non-hydrogen) atoms. The molecule has 1 spiro atoms. The molecule has 0 N–H and O–H groups in total. The summed E-state index contributed by atoms with van der Waals surface area (Å²) in [6.45, 7) is 4.80. The molecule has 13 rings (SSSR count). The van der Waals surface area contributed by atoms with Crippen molar-refractivity contribution in [1.29, 1.82) is 0 Å². The predicted octanol–water partition coefficient (Wildman–Crippen LogP) is 7.43. The molecule has 0 saturated heterocycles. The van der Waals surface area contributed by atoms with Crippen molar-refractivity contribution in [3.05, 3.63) is 174 Å². The van der Waals surface area contributed by atoms with Crippen LogP contribution < -0.4 is 19.6 Å². The first-order valence-corrected chi connectivity index (χ1v) is 18.2. The van der Waals surface area contributed by atoms with Crippen LogP contribution in [0.5, 0.6) is 0 Å². The largest absolute Gasteiger partial charge is 0.394 e. The number of anilines is 1. The van der Waals surface area contributed by atoms with Gasteiger partial charge in [0.1, 0.15) is 22.3 Å². The number of rotatable bonds is 2. The summed E-state index contributed by atoms with van der Waals surface area (Å²) in [4.78, 5) is 2.21. The van der Waals surface area contributed by atoms with Crippen molar-refractivity contribution in [2.75, 3.05) is 4.90 Å². The maximum Gasteiger partial charge on any atom is 0.394 e. The number of hydrogen-bond acceptors (Lipinski definition) is 1. The summed E-state index contributed by atoms with van der Waals surface area (Å²) in [5.41, 5.74) is 15.7. The van der Waals surface area contributed by atoms with Crippen molar-refractivity contribution in [2.45, 2.75) is 19.5 Å². The summed E-state index contributed by atoms with van der Waals surface area (Å²) in [6, 6.07) is 44.7. The van der Waals surface area contributed by atoms with E-state index in [1.54, 1.807) is 0 Å². The Morgan fingerprint density at radius 1 is 0.577 bits per heavy atom. The smallest absolute Gasteiger partial charge is 0.326 e. The number of hydrogen-bond donors (Lipinski definition) is 0. The highest BCUT2D eigenvalue weighted by Crippen LogP contribution is 2.53. The molecule has 0 aliphatic carbocycles. The second kappa shape index (κ2) is 9.00. The van der Waals surface area contributed by atoms with Crippen LogP contribution in [0.4, 0.5) is 5.69 Å². The zero-order valence-electron chi connectivity index (χ0n) is 28.7. The first-order valence-electron chi connectivity index (χ1n) is 18.2. The van der Waals surface area contributed by atoms with Crippen LogP contribution in [0.15, 0.2) is 152 Å². The van der Waals surface area contributed by atoms with Gasteiger partial charge in [0, 0.05) is 34.2 Å². The first-order chi connectivity index (χ1) is 25.7. The Hall–Kier alpha value is -6.60. The van der Waals surface area contributed by atoms with Crippen LogP contribution in [0.25, 0.3) is 60.8 Å². The molecule has 0 saturated carbocycles. The molecule has 1 atom stereocenters. The second-order valence-electron chi connectivity index (χ2n) is 14.7. The number of benzene rings is 5. The predicted molar refractivity (Wildman–Crippen MR) is 208 cm³/mol. The van der Waals surface area contributed by atoms with Gasteiger partial charge in [-0.05, 0) is 86.1 Å². The van der Waals surface area contributed by atoms with Gasteiger partial charge in [0.2, 0.25) is 12.4 Å². The number of nitrogens with zero attached hydrogens (tertiary/aromatic N) is 6. The standard InChI is InChI=1S/C45H31BN6/c1-28-42(46-23-26-47(27-24-46)30-12-4-3-5-13-30)29(2)52-45-40-37(49-35-17-8-6-14-31(35)33-21-22-39(51(28)52)41(45)43(33)49)19-10-20-38(40)50-36-18-9-7-15-32(36)34-16-11-25-48(45)44(34)50/h3-27H,1-2H3/q+2. The Balaban J connectivity index is 1.21. The minimum absolute atomic E-state index is 0.134. The lowest BCUT2D eigenvalue weighted by molar-refractivity contribution is -0.989. The lowest BCUT2D eigenvalue weighted by atomic mass is 9.44. The number of para-hydroxylation sites is 3. The van der Waals surface area contributed by atoms with E-state index >= 15 is 0 Å². The second-order valence-corrected chi connectivity index (χ2v) is 14.7. The third-order valence-corrected chi connectivity index (χ3v) is 12.4. The van der Waals surface area contributed by atoms with E-state index in [9.17, 15) is 0 Å². The minimum Gasteiger partial charge on any atom is -0.326 e. The molecule has 9 aromatic rings. The molecule has 0 amide bonds. The van der Waals surface area contributed by atoms with Gasteiger partial charge in [0.05, 0.1) is 34.0 Å². The fraction of sp³-hybridized carbons (Fsp3) is 0.0667. The van der Waals surface area contributed by atoms with Gasteiger partial charge in [-0.25, -0.2) is 0 Å². The maximum atomic E-state index is 2.65. The Labute approximate surface area is 299 Å². The average Bonchev–Trinajstić information content (AvgIpc) is 3.89. The molecule has 4 aliphatic heterocycles. The Bertz CT molecular complexity index is 3150. The number of aromatic nitrogens is 5. The molecule has 4 aromatic heterocycles. The Kier molecular flexibility index (Phi) is 4.70.